The monoisotopic (exact) mass is 396 g/mol. The van der Waals surface area contributed by atoms with E-state index in [9.17, 15) is 0 Å². The topological polar surface area (TPSA) is 42.2 Å². The first kappa shape index (κ1) is 18.9. The van der Waals surface area contributed by atoms with Crippen LogP contribution < -0.4 is 5.32 Å². The molecule has 152 valence electrons. The second-order valence-electron chi connectivity index (χ2n) is 8.56. The Balaban J connectivity index is 1.68. The normalized spacial score (nSPS) is 13.6. The van der Waals surface area contributed by atoms with Crippen molar-refractivity contribution in [2.45, 2.75) is 52.4 Å². The lowest BCUT2D eigenvalue weighted by molar-refractivity contribution is 0.662. The minimum Gasteiger partial charge on any atom is -0.340 e. The van der Waals surface area contributed by atoms with Crippen LogP contribution in [-0.4, -0.2) is 14.6 Å². The molecule has 1 N–H and O–H groups in total. The Kier molecular flexibility index (Phi) is 4.78. The summed E-state index contributed by atoms with van der Waals surface area (Å²) in [5.74, 6) is 1.60. The molecule has 0 spiro atoms. The molecule has 2 heterocycles. The van der Waals surface area contributed by atoms with Gasteiger partial charge in [0.25, 0.3) is 0 Å². The van der Waals surface area contributed by atoms with E-state index >= 15 is 0 Å². The average molecular weight is 397 g/mol. The quantitative estimate of drug-likeness (QED) is 0.431. The van der Waals surface area contributed by atoms with E-state index in [4.69, 9.17) is 10.1 Å². The Labute approximate surface area is 178 Å². The van der Waals surface area contributed by atoms with Crippen molar-refractivity contribution in [1.82, 2.24) is 14.6 Å². The molecular formula is C26H28N4. The maximum absolute atomic E-state index is 5.11. The fraction of sp³-hybridized carbons (Fsp3) is 0.308. The van der Waals surface area contributed by atoms with Crippen molar-refractivity contribution in [3.05, 3.63) is 77.1 Å². The minimum atomic E-state index is 0.529. The molecule has 1 aliphatic rings. The number of nitrogens with zero attached hydrogens (tertiary/aromatic N) is 3. The number of rotatable bonds is 4. The number of benzene rings is 2. The molecule has 30 heavy (non-hydrogen) atoms. The molecule has 2 aromatic heterocycles. The maximum Gasteiger partial charge on any atom is 0.165 e. The van der Waals surface area contributed by atoms with Gasteiger partial charge in [-0.3, -0.25) is 0 Å². The van der Waals surface area contributed by atoms with Crippen molar-refractivity contribution in [3.63, 3.8) is 0 Å². The summed E-state index contributed by atoms with van der Waals surface area (Å²) in [6.07, 6.45) is 4.48. The second kappa shape index (κ2) is 7.60. The van der Waals surface area contributed by atoms with Gasteiger partial charge in [-0.1, -0.05) is 56.3 Å². The molecule has 2 aromatic carbocycles. The molecule has 0 bridgehead atoms. The zero-order chi connectivity index (χ0) is 20.7. The Morgan fingerprint density at radius 3 is 2.40 bits per heavy atom. The summed E-state index contributed by atoms with van der Waals surface area (Å²) in [6, 6.07) is 19.2. The third-order valence-electron chi connectivity index (χ3n) is 6.12. The minimum absolute atomic E-state index is 0.529. The molecule has 0 amide bonds. The first-order valence-electron chi connectivity index (χ1n) is 11.0. The van der Waals surface area contributed by atoms with Gasteiger partial charge in [-0.25, -0.2) is 4.98 Å². The van der Waals surface area contributed by atoms with E-state index in [-0.39, 0.29) is 0 Å². The summed E-state index contributed by atoms with van der Waals surface area (Å²) in [7, 11) is 0. The molecule has 4 aromatic rings. The molecule has 4 heteroatoms. The standard InChI is InChI=1S/C26H28N4/c1-17(2)19-13-15-21(16-14-19)27-25-22-11-7-8-12-23(22)28-26-24(18(3)29-30(25)26)20-9-5-4-6-10-20/h4-6,9-10,13-17,27H,7-8,11-12H2,1-3H3. The summed E-state index contributed by atoms with van der Waals surface area (Å²) in [5.41, 5.74) is 9.21. The van der Waals surface area contributed by atoms with Crippen molar-refractivity contribution < 1.29 is 0 Å². The van der Waals surface area contributed by atoms with Gasteiger partial charge < -0.3 is 5.32 Å². The highest BCUT2D eigenvalue weighted by Crippen LogP contribution is 2.35. The summed E-state index contributed by atoms with van der Waals surface area (Å²) in [4.78, 5) is 5.11. The van der Waals surface area contributed by atoms with Crippen molar-refractivity contribution in [1.29, 1.82) is 0 Å². The highest BCUT2D eigenvalue weighted by Gasteiger charge is 2.23. The summed E-state index contributed by atoms with van der Waals surface area (Å²) < 4.78 is 2.03. The lowest BCUT2D eigenvalue weighted by Crippen LogP contribution is -2.13. The van der Waals surface area contributed by atoms with Crippen molar-refractivity contribution in [2.24, 2.45) is 0 Å². The second-order valence-corrected chi connectivity index (χ2v) is 8.56. The molecule has 0 saturated heterocycles. The van der Waals surface area contributed by atoms with Crippen LogP contribution in [0.5, 0.6) is 0 Å². The Morgan fingerprint density at radius 1 is 0.933 bits per heavy atom. The van der Waals surface area contributed by atoms with E-state index in [1.165, 1.54) is 35.2 Å². The molecule has 0 atom stereocenters. The SMILES string of the molecule is Cc1nn2c(Nc3ccc(C(C)C)cc3)c3c(nc2c1-c1ccccc1)CCCC3. The summed E-state index contributed by atoms with van der Waals surface area (Å²) in [5, 5.41) is 8.62. The molecule has 0 unspecified atom stereocenters. The van der Waals surface area contributed by atoms with Crippen LogP contribution in [0.1, 0.15) is 55.1 Å². The van der Waals surface area contributed by atoms with Crippen molar-refractivity contribution in [3.8, 4) is 11.1 Å². The molecule has 4 nitrogen and oxygen atoms in total. The largest absolute Gasteiger partial charge is 0.340 e. The van der Waals surface area contributed by atoms with E-state index in [0.29, 0.717) is 5.92 Å². The fourth-order valence-electron chi connectivity index (χ4n) is 4.46. The number of aryl methyl sites for hydroxylation is 2. The highest BCUT2D eigenvalue weighted by atomic mass is 15.3. The van der Waals surface area contributed by atoms with Gasteiger partial charge in [0.2, 0.25) is 0 Å². The van der Waals surface area contributed by atoms with E-state index in [0.717, 1.165) is 41.3 Å². The van der Waals surface area contributed by atoms with Gasteiger partial charge in [0.05, 0.1) is 5.69 Å². The van der Waals surface area contributed by atoms with E-state index < -0.39 is 0 Å². The first-order chi connectivity index (χ1) is 14.6. The molecule has 0 aliphatic heterocycles. The molecule has 0 fully saturated rings. The van der Waals surface area contributed by atoms with E-state index in [2.05, 4.69) is 74.6 Å². The van der Waals surface area contributed by atoms with Crippen LogP contribution in [0, 0.1) is 6.92 Å². The van der Waals surface area contributed by atoms with Crippen LogP contribution >= 0.6 is 0 Å². The van der Waals surface area contributed by atoms with Gasteiger partial charge in [0, 0.05) is 22.5 Å². The molecule has 0 saturated carbocycles. The Hall–Kier alpha value is -3.14. The summed E-state index contributed by atoms with van der Waals surface area (Å²) in [6.45, 7) is 6.53. The summed E-state index contributed by atoms with van der Waals surface area (Å²) >= 11 is 0. The van der Waals surface area contributed by atoms with Crippen LogP contribution in [0.2, 0.25) is 0 Å². The number of fused-ring (bicyclic) bond motifs is 2. The number of aromatic nitrogens is 3. The molecule has 5 rings (SSSR count). The number of nitrogens with one attached hydrogen (secondary N) is 1. The lowest BCUT2D eigenvalue weighted by Gasteiger charge is -2.21. The maximum atomic E-state index is 5.11. The predicted octanol–water partition coefficient (Wildman–Crippen LogP) is 6.45. The number of hydrogen-bond donors (Lipinski definition) is 1. The lowest BCUT2D eigenvalue weighted by atomic mass is 9.96. The van der Waals surface area contributed by atoms with Gasteiger partial charge in [-0.2, -0.15) is 9.61 Å². The average Bonchev–Trinajstić information content (AvgIpc) is 3.10. The van der Waals surface area contributed by atoms with Crippen LogP contribution in [0.3, 0.4) is 0 Å². The third-order valence-corrected chi connectivity index (χ3v) is 6.12. The van der Waals surface area contributed by atoms with Gasteiger partial charge >= 0.3 is 0 Å². The van der Waals surface area contributed by atoms with Crippen LogP contribution in [-0.2, 0) is 12.8 Å². The van der Waals surface area contributed by atoms with Crippen molar-refractivity contribution >= 4 is 17.2 Å². The smallest absolute Gasteiger partial charge is 0.165 e. The van der Waals surface area contributed by atoms with Gasteiger partial charge in [0.15, 0.2) is 5.65 Å². The highest BCUT2D eigenvalue weighted by molar-refractivity contribution is 5.82. The van der Waals surface area contributed by atoms with Crippen molar-refractivity contribution in [2.75, 3.05) is 5.32 Å². The Morgan fingerprint density at radius 2 is 1.67 bits per heavy atom. The number of anilines is 2. The van der Waals surface area contributed by atoms with E-state index in [1.807, 2.05) is 10.6 Å². The number of hydrogen-bond acceptors (Lipinski definition) is 3. The van der Waals surface area contributed by atoms with Crippen LogP contribution in [0.25, 0.3) is 16.8 Å². The first-order valence-corrected chi connectivity index (χ1v) is 11.0. The molecule has 1 aliphatic carbocycles. The van der Waals surface area contributed by atoms with Gasteiger partial charge in [-0.15, -0.1) is 0 Å². The molecular weight excluding hydrogens is 368 g/mol. The van der Waals surface area contributed by atoms with Crippen LogP contribution in [0.15, 0.2) is 54.6 Å². The zero-order valence-electron chi connectivity index (χ0n) is 17.9. The van der Waals surface area contributed by atoms with E-state index in [1.54, 1.807) is 0 Å². The van der Waals surface area contributed by atoms with Crippen LogP contribution in [0.4, 0.5) is 11.5 Å². The zero-order valence-corrected chi connectivity index (χ0v) is 17.9. The predicted molar refractivity (Wildman–Crippen MR) is 124 cm³/mol. The fourth-order valence-corrected chi connectivity index (χ4v) is 4.46. The van der Waals surface area contributed by atoms with Gasteiger partial charge in [0.1, 0.15) is 5.82 Å². The molecule has 0 radical (unpaired) electrons. The Bertz CT molecular complexity index is 1190. The van der Waals surface area contributed by atoms with Gasteiger partial charge in [-0.05, 0) is 61.8 Å². The third kappa shape index (κ3) is 3.26.